The maximum atomic E-state index is 13.7. The number of hydrogen-bond acceptors (Lipinski definition) is 5. The largest absolute Gasteiger partial charge is 0.378 e. The lowest BCUT2D eigenvalue weighted by molar-refractivity contribution is -0.116. The summed E-state index contributed by atoms with van der Waals surface area (Å²) < 4.78 is 0. The Bertz CT molecular complexity index is 1920. The second kappa shape index (κ2) is 15.8. The highest BCUT2D eigenvalue weighted by molar-refractivity contribution is 8.00. The number of rotatable bonds is 11. The lowest BCUT2D eigenvalue weighted by Gasteiger charge is -2.18. The van der Waals surface area contributed by atoms with E-state index in [0.29, 0.717) is 11.3 Å². The van der Waals surface area contributed by atoms with Gasteiger partial charge < -0.3 is 20.9 Å². The molecule has 0 aliphatic rings. The topological polar surface area (TPSA) is 90.5 Å². The van der Waals surface area contributed by atoms with Gasteiger partial charge in [-0.2, -0.15) is 0 Å². The SMILES string of the molecule is Cc1ccc(NC(=O)C(Sc2cccc(NC(=O)/C(=C\c3ccc(N(C)C)cc3)NC(=O)c3ccccc3)c2)c2ccccc2)cc1C. The number of thioether (sulfide) groups is 1. The minimum absolute atomic E-state index is 0.0921. The molecule has 7 nitrogen and oxygen atoms in total. The van der Waals surface area contributed by atoms with E-state index in [9.17, 15) is 14.4 Å². The molecule has 0 saturated carbocycles. The Morgan fingerprint density at radius 2 is 1.35 bits per heavy atom. The van der Waals surface area contributed by atoms with Crippen molar-refractivity contribution in [2.24, 2.45) is 0 Å². The van der Waals surface area contributed by atoms with Crippen LogP contribution in [0.3, 0.4) is 0 Å². The highest BCUT2D eigenvalue weighted by Gasteiger charge is 2.23. The molecule has 0 radical (unpaired) electrons. The molecule has 0 bridgehead atoms. The zero-order valence-electron chi connectivity index (χ0n) is 27.4. The predicted molar refractivity (Wildman–Crippen MR) is 197 cm³/mol. The van der Waals surface area contributed by atoms with Crippen molar-refractivity contribution in [1.82, 2.24) is 5.32 Å². The van der Waals surface area contributed by atoms with Crippen LogP contribution in [-0.2, 0) is 9.59 Å². The van der Waals surface area contributed by atoms with Crippen molar-refractivity contribution < 1.29 is 14.4 Å². The molecule has 5 aromatic rings. The van der Waals surface area contributed by atoms with Crippen molar-refractivity contribution in [2.45, 2.75) is 24.0 Å². The van der Waals surface area contributed by atoms with Gasteiger partial charge in [-0.25, -0.2) is 0 Å². The molecule has 0 saturated heterocycles. The molecule has 5 aromatic carbocycles. The lowest BCUT2D eigenvalue weighted by Crippen LogP contribution is -2.30. The van der Waals surface area contributed by atoms with Gasteiger partial charge in [0.2, 0.25) is 5.91 Å². The summed E-state index contributed by atoms with van der Waals surface area (Å²) in [5.41, 5.74) is 6.65. The van der Waals surface area contributed by atoms with Crippen LogP contribution in [0.15, 0.2) is 138 Å². The van der Waals surface area contributed by atoms with Gasteiger partial charge in [-0.3, -0.25) is 14.4 Å². The van der Waals surface area contributed by atoms with E-state index in [0.717, 1.165) is 38.5 Å². The standard InChI is InChI=1S/C40H38N4O3S/c1-27-18-21-33(24-28(27)2)42-40(47)37(30-12-7-5-8-13-30)48-35-17-11-16-32(26-35)41-39(46)36(43-38(45)31-14-9-6-10-15-31)25-29-19-22-34(23-20-29)44(3)4/h5-26,37H,1-4H3,(H,41,46)(H,42,47)(H,43,45)/b36-25+. The molecule has 48 heavy (non-hydrogen) atoms. The van der Waals surface area contributed by atoms with Gasteiger partial charge in [0.25, 0.3) is 11.8 Å². The number of carbonyl (C=O) groups excluding carboxylic acids is 3. The van der Waals surface area contributed by atoms with Crippen LogP contribution < -0.4 is 20.9 Å². The van der Waals surface area contributed by atoms with Crippen LogP contribution in [0.5, 0.6) is 0 Å². The summed E-state index contributed by atoms with van der Waals surface area (Å²) in [6.45, 7) is 4.05. The molecule has 8 heteroatoms. The molecule has 242 valence electrons. The first kappa shape index (κ1) is 33.8. The highest BCUT2D eigenvalue weighted by atomic mass is 32.2. The van der Waals surface area contributed by atoms with Gasteiger partial charge in [0.15, 0.2) is 0 Å². The summed E-state index contributed by atoms with van der Waals surface area (Å²) >= 11 is 1.39. The first-order chi connectivity index (χ1) is 23.2. The summed E-state index contributed by atoms with van der Waals surface area (Å²) in [5, 5.41) is 8.26. The third kappa shape index (κ3) is 9.02. The van der Waals surface area contributed by atoms with Crippen LogP contribution >= 0.6 is 11.8 Å². The summed E-state index contributed by atoms with van der Waals surface area (Å²) in [6, 6.07) is 39.2. The molecular formula is C40H38N4O3S. The summed E-state index contributed by atoms with van der Waals surface area (Å²) in [5.74, 6) is -1.03. The van der Waals surface area contributed by atoms with Gasteiger partial charge >= 0.3 is 0 Å². The van der Waals surface area contributed by atoms with Gasteiger partial charge in [-0.15, -0.1) is 11.8 Å². The van der Waals surface area contributed by atoms with Crippen LogP contribution in [-0.4, -0.2) is 31.8 Å². The van der Waals surface area contributed by atoms with E-state index in [2.05, 4.69) is 16.0 Å². The van der Waals surface area contributed by atoms with E-state index in [-0.39, 0.29) is 11.6 Å². The van der Waals surface area contributed by atoms with Gasteiger partial charge in [-0.1, -0.05) is 72.8 Å². The fourth-order valence-corrected chi connectivity index (χ4v) is 5.97. The maximum Gasteiger partial charge on any atom is 0.272 e. The molecule has 3 amide bonds. The number of benzene rings is 5. The number of aryl methyl sites for hydroxylation is 2. The monoisotopic (exact) mass is 654 g/mol. The molecule has 0 heterocycles. The zero-order valence-corrected chi connectivity index (χ0v) is 28.2. The molecule has 1 atom stereocenters. The molecule has 0 aliphatic carbocycles. The number of nitrogens with one attached hydrogen (secondary N) is 3. The van der Waals surface area contributed by atoms with E-state index in [1.807, 2.05) is 130 Å². The Morgan fingerprint density at radius 1 is 0.688 bits per heavy atom. The fourth-order valence-electron chi connectivity index (χ4n) is 4.89. The second-order valence-corrected chi connectivity index (χ2v) is 12.7. The van der Waals surface area contributed by atoms with E-state index >= 15 is 0 Å². The van der Waals surface area contributed by atoms with E-state index in [1.165, 1.54) is 11.8 Å². The molecular weight excluding hydrogens is 617 g/mol. The van der Waals surface area contributed by atoms with Crippen molar-refractivity contribution in [2.75, 3.05) is 29.6 Å². The number of hydrogen-bond donors (Lipinski definition) is 3. The average Bonchev–Trinajstić information content (AvgIpc) is 3.09. The Kier molecular flexibility index (Phi) is 11.1. The lowest BCUT2D eigenvalue weighted by atomic mass is 10.1. The zero-order chi connectivity index (χ0) is 34.0. The first-order valence-corrected chi connectivity index (χ1v) is 16.4. The molecule has 1 unspecified atom stereocenters. The Labute approximate surface area is 286 Å². The number of anilines is 3. The third-order valence-corrected chi connectivity index (χ3v) is 8.96. The summed E-state index contributed by atoms with van der Waals surface area (Å²) in [7, 11) is 3.91. The average molecular weight is 655 g/mol. The van der Waals surface area contributed by atoms with E-state index in [1.54, 1.807) is 36.4 Å². The van der Waals surface area contributed by atoms with Crippen LogP contribution in [0.2, 0.25) is 0 Å². The van der Waals surface area contributed by atoms with Gasteiger partial charge in [0, 0.05) is 41.6 Å². The molecule has 0 aromatic heterocycles. The van der Waals surface area contributed by atoms with Crippen molar-refractivity contribution in [1.29, 1.82) is 0 Å². The first-order valence-electron chi connectivity index (χ1n) is 15.5. The maximum absolute atomic E-state index is 13.7. The summed E-state index contributed by atoms with van der Waals surface area (Å²) in [4.78, 5) is 43.2. The second-order valence-electron chi connectivity index (χ2n) is 11.5. The number of carbonyl (C=O) groups is 3. The highest BCUT2D eigenvalue weighted by Crippen LogP contribution is 2.37. The Balaban J connectivity index is 1.38. The van der Waals surface area contributed by atoms with Crippen molar-refractivity contribution in [3.63, 3.8) is 0 Å². The molecule has 5 rings (SSSR count). The minimum atomic E-state index is -0.551. The molecule has 0 spiro atoms. The molecule has 0 aliphatic heterocycles. The van der Waals surface area contributed by atoms with E-state index < -0.39 is 17.1 Å². The normalized spacial score (nSPS) is 11.7. The van der Waals surface area contributed by atoms with Gasteiger partial charge in [-0.05, 0) is 96.8 Å². The number of amides is 3. The van der Waals surface area contributed by atoms with Crippen LogP contribution in [0.25, 0.3) is 6.08 Å². The van der Waals surface area contributed by atoms with Crippen molar-refractivity contribution in [3.05, 3.63) is 161 Å². The molecule has 0 fully saturated rings. The Hall–Kier alpha value is -5.60. The number of nitrogens with zero attached hydrogens (tertiary/aromatic N) is 1. The van der Waals surface area contributed by atoms with Crippen molar-refractivity contribution in [3.8, 4) is 0 Å². The Morgan fingerprint density at radius 3 is 2.02 bits per heavy atom. The van der Waals surface area contributed by atoms with Crippen LogP contribution in [0, 0.1) is 13.8 Å². The van der Waals surface area contributed by atoms with Gasteiger partial charge in [0.1, 0.15) is 10.9 Å². The third-order valence-electron chi connectivity index (χ3n) is 7.71. The van der Waals surface area contributed by atoms with Crippen LogP contribution in [0.1, 0.15) is 37.9 Å². The molecule has 3 N–H and O–H groups in total. The predicted octanol–water partition coefficient (Wildman–Crippen LogP) is 8.25. The minimum Gasteiger partial charge on any atom is -0.378 e. The van der Waals surface area contributed by atoms with Gasteiger partial charge in [0.05, 0.1) is 0 Å². The quantitative estimate of drug-likeness (QED) is 0.0986. The smallest absolute Gasteiger partial charge is 0.272 e. The summed E-state index contributed by atoms with van der Waals surface area (Å²) in [6.07, 6.45) is 1.65. The fraction of sp³-hybridized carbons (Fsp3) is 0.125. The van der Waals surface area contributed by atoms with Crippen molar-refractivity contribution >= 4 is 52.6 Å². The van der Waals surface area contributed by atoms with Crippen LogP contribution in [0.4, 0.5) is 17.1 Å². The van der Waals surface area contributed by atoms with E-state index in [4.69, 9.17) is 0 Å².